The lowest BCUT2D eigenvalue weighted by atomic mass is 10.2. The van der Waals surface area contributed by atoms with Gasteiger partial charge in [-0.05, 0) is 24.1 Å². The first kappa shape index (κ1) is 10.0. The van der Waals surface area contributed by atoms with E-state index in [1.54, 1.807) is 0 Å². The molecular weight excluding hydrogens is 280 g/mol. The van der Waals surface area contributed by atoms with Crippen LogP contribution in [-0.2, 0) is 0 Å². The van der Waals surface area contributed by atoms with Crippen LogP contribution >= 0.6 is 31.9 Å². The van der Waals surface area contributed by atoms with Gasteiger partial charge in [-0.1, -0.05) is 56.1 Å². The van der Waals surface area contributed by atoms with Crippen molar-refractivity contribution in [3.8, 4) is 0 Å². The molecule has 1 aromatic rings. The smallest absolute Gasteiger partial charge is 0.0175 e. The highest BCUT2D eigenvalue weighted by Crippen LogP contribution is 2.11. The van der Waals surface area contributed by atoms with Gasteiger partial charge in [-0.3, -0.25) is 0 Å². The van der Waals surface area contributed by atoms with Crippen LogP contribution in [0.3, 0.4) is 0 Å². The third kappa shape index (κ3) is 3.55. The van der Waals surface area contributed by atoms with E-state index in [1.807, 2.05) is 12.1 Å². The summed E-state index contributed by atoms with van der Waals surface area (Å²) >= 11 is 6.77. The molecule has 0 saturated carbocycles. The Morgan fingerprint density at radius 3 is 2.42 bits per heavy atom. The molecule has 2 heteroatoms. The van der Waals surface area contributed by atoms with Gasteiger partial charge in [0.25, 0.3) is 0 Å². The fourth-order valence-electron chi connectivity index (χ4n) is 0.856. The van der Waals surface area contributed by atoms with Gasteiger partial charge in [-0.15, -0.1) is 0 Å². The number of rotatable bonds is 3. The molecule has 0 aromatic heterocycles. The molecule has 12 heavy (non-hydrogen) atoms. The minimum atomic E-state index is 1.03. The van der Waals surface area contributed by atoms with E-state index in [2.05, 4.69) is 56.1 Å². The third-order valence-corrected chi connectivity index (χ3v) is 2.44. The zero-order chi connectivity index (χ0) is 8.81. The van der Waals surface area contributed by atoms with Crippen LogP contribution in [0.15, 0.2) is 34.8 Å². The fraction of sp³-hybridized carbons (Fsp3) is 0.200. The van der Waals surface area contributed by atoms with Gasteiger partial charge in [0.1, 0.15) is 0 Å². The van der Waals surface area contributed by atoms with E-state index in [1.165, 1.54) is 5.56 Å². The lowest BCUT2D eigenvalue weighted by molar-refractivity contribution is 1.27. The molecule has 0 bridgehead atoms. The van der Waals surface area contributed by atoms with Crippen molar-refractivity contribution in [1.29, 1.82) is 0 Å². The van der Waals surface area contributed by atoms with Gasteiger partial charge in [0, 0.05) is 9.80 Å². The summed E-state index contributed by atoms with van der Waals surface area (Å²) in [6, 6.07) is 8.28. The van der Waals surface area contributed by atoms with Gasteiger partial charge in [0.05, 0.1) is 0 Å². The molecule has 0 N–H and O–H groups in total. The number of hydrogen-bond acceptors (Lipinski definition) is 0. The van der Waals surface area contributed by atoms with Gasteiger partial charge < -0.3 is 0 Å². The predicted octanol–water partition coefficient (Wildman–Crippen LogP) is 4.25. The summed E-state index contributed by atoms with van der Waals surface area (Å²) in [5.41, 5.74) is 1.25. The van der Waals surface area contributed by atoms with E-state index in [-0.39, 0.29) is 0 Å². The maximum Gasteiger partial charge on any atom is 0.0175 e. The zero-order valence-electron chi connectivity index (χ0n) is 6.63. The van der Waals surface area contributed by atoms with Crippen molar-refractivity contribution >= 4 is 37.9 Å². The van der Waals surface area contributed by atoms with Crippen LogP contribution in [0.5, 0.6) is 0 Å². The van der Waals surface area contributed by atoms with E-state index >= 15 is 0 Å². The Hall–Kier alpha value is -0.0800. The molecule has 0 fully saturated rings. The lowest BCUT2D eigenvalue weighted by Gasteiger charge is -1.92. The van der Waals surface area contributed by atoms with Crippen molar-refractivity contribution in [2.45, 2.75) is 6.42 Å². The highest BCUT2D eigenvalue weighted by atomic mass is 79.9. The first-order valence-electron chi connectivity index (χ1n) is 3.81. The summed E-state index contributed by atoms with van der Waals surface area (Å²) in [5.74, 6) is 0. The van der Waals surface area contributed by atoms with E-state index in [9.17, 15) is 0 Å². The summed E-state index contributed by atoms with van der Waals surface area (Å²) in [6.45, 7) is 0. The lowest BCUT2D eigenvalue weighted by Crippen LogP contribution is -1.71. The Labute approximate surface area is 89.9 Å². The molecule has 0 amide bonds. The summed E-state index contributed by atoms with van der Waals surface area (Å²) in [4.78, 5) is 0. The molecule has 0 aliphatic rings. The summed E-state index contributed by atoms with van der Waals surface area (Å²) in [6.07, 6.45) is 5.38. The summed E-state index contributed by atoms with van der Waals surface area (Å²) in [7, 11) is 0. The molecule has 1 aromatic carbocycles. The molecule has 0 saturated heterocycles. The van der Waals surface area contributed by atoms with Gasteiger partial charge in [0.15, 0.2) is 0 Å². The van der Waals surface area contributed by atoms with E-state index in [0.717, 1.165) is 16.2 Å². The molecule has 0 nitrogen and oxygen atoms in total. The minimum absolute atomic E-state index is 1.03. The van der Waals surface area contributed by atoms with E-state index < -0.39 is 0 Å². The Morgan fingerprint density at radius 2 is 1.83 bits per heavy atom. The molecule has 1 rings (SSSR count). The maximum absolute atomic E-state index is 3.40. The highest BCUT2D eigenvalue weighted by molar-refractivity contribution is 9.10. The van der Waals surface area contributed by atoms with Gasteiger partial charge in [-0.2, -0.15) is 0 Å². The standard InChI is InChI=1S/C10H10Br2/c11-8-2-1-3-9-4-6-10(12)7-5-9/h1,3-7H,2,8H2/b3-1-. The fourth-order valence-corrected chi connectivity index (χ4v) is 1.38. The van der Waals surface area contributed by atoms with E-state index in [0.29, 0.717) is 0 Å². The molecule has 0 unspecified atom stereocenters. The number of halogens is 2. The van der Waals surface area contributed by atoms with Crippen molar-refractivity contribution < 1.29 is 0 Å². The molecular formula is C10H10Br2. The van der Waals surface area contributed by atoms with Crippen LogP contribution in [-0.4, -0.2) is 5.33 Å². The SMILES string of the molecule is BrCC/C=C\c1ccc(Br)cc1. The summed E-state index contributed by atoms with van der Waals surface area (Å²) < 4.78 is 1.13. The molecule has 0 heterocycles. The highest BCUT2D eigenvalue weighted by Gasteiger charge is 1.86. The molecule has 0 spiro atoms. The van der Waals surface area contributed by atoms with Crippen molar-refractivity contribution in [2.24, 2.45) is 0 Å². The summed E-state index contributed by atoms with van der Waals surface area (Å²) in [5, 5.41) is 1.03. The van der Waals surface area contributed by atoms with E-state index in [4.69, 9.17) is 0 Å². The maximum atomic E-state index is 3.40. The number of hydrogen-bond donors (Lipinski definition) is 0. The normalized spacial score (nSPS) is 10.8. The van der Waals surface area contributed by atoms with Crippen LogP contribution in [0.25, 0.3) is 6.08 Å². The molecule has 0 aliphatic carbocycles. The van der Waals surface area contributed by atoms with Crippen molar-refractivity contribution in [2.75, 3.05) is 5.33 Å². The first-order chi connectivity index (χ1) is 5.83. The molecule has 0 radical (unpaired) electrons. The van der Waals surface area contributed by atoms with Crippen LogP contribution in [0, 0.1) is 0 Å². The van der Waals surface area contributed by atoms with Crippen molar-refractivity contribution in [3.05, 3.63) is 40.4 Å². The minimum Gasteiger partial charge on any atom is -0.0925 e. The monoisotopic (exact) mass is 288 g/mol. The second-order valence-electron chi connectivity index (χ2n) is 2.43. The largest absolute Gasteiger partial charge is 0.0925 e. The zero-order valence-corrected chi connectivity index (χ0v) is 9.81. The average molecular weight is 290 g/mol. The Kier molecular flexibility index (Phi) is 4.62. The first-order valence-corrected chi connectivity index (χ1v) is 5.72. The van der Waals surface area contributed by atoms with Gasteiger partial charge in [0.2, 0.25) is 0 Å². The van der Waals surface area contributed by atoms with Crippen molar-refractivity contribution in [3.63, 3.8) is 0 Å². The Morgan fingerprint density at radius 1 is 1.17 bits per heavy atom. The number of alkyl halides is 1. The van der Waals surface area contributed by atoms with Crippen LogP contribution in [0.2, 0.25) is 0 Å². The molecule has 0 aliphatic heterocycles. The Bertz CT molecular complexity index is 249. The molecule has 0 atom stereocenters. The second-order valence-corrected chi connectivity index (χ2v) is 4.14. The van der Waals surface area contributed by atoms with Gasteiger partial charge in [-0.25, -0.2) is 0 Å². The second kappa shape index (κ2) is 5.55. The average Bonchev–Trinajstić information content (AvgIpc) is 2.09. The number of benzene rings is 1. The third-order valence-electron chi connectivity index (χ3n) is 1.46. The van der Waals surface area contributed by atoms with Crippen LogP contribution in [0.4, 0.5) is 0 Å². The quantitative estimate of drug-likeness (QED) is 0.730. The van der Waals surface area contributed by atoms with Crippen LogP contribution < -0.4 is 0 Å². The van der Waals surface area contributed by atoms with Crippen LogP contribution in [0.1, 0.15) is 12.0 Å². The predicted molar refractivity (Wildman–Crippen MR) is 61.6 cm³/mol. The van der Waals surface area contributed by atoms with Gasteiger partial charge >= 0.3 is 0 Å². The topological polar surface area (TPSA) is 0 Å². The molecule has 64 valence electrons. The number of allylic oxidation sites excluding steroid dienone is 1. The van der Waals surface area contributed by atoms with Crippen molar-refractivity contribution in [1.82, 2.24) is 0 Å². The Balaban J connectivity index is 2.58.